The Hall–Kier alpha value is -2.70. The van der Waals surface area contributed by atoms with Crippen LogP contribution < -0.4 is 19.5 Å². The van der Waals surface area contributed by atoms with Gasteiger partial charge in [-0.25, -0.2) is 0 Å². The van der Waals surface area contributed by atoms with Gasteiger partial charge in [-0.3, -0.25) is 9.48 Å². The number of carbonyl (C=O) groups excluding carboxylic acids is 1. The van der Waals surface area contributed by atoms with Crippen molar-refractivity contribution < 1.29 is 19.0 Å². The number of rotatable bonds is 5. The maximum atomic E-state index is 12.2. The van der Waals surface area contributed by atoms with Crippen LogP contribution in [0.15, 0.2) is 24.4 Å². The van der Waals surface area contributed by atoms with Crippen LogP contribution in [0.25, 0.3) is 0 Å². The van der Waals surface area contributed by atoms with Crippen LogP contribution in [-0.4, -0.2) is 37.0 Å². The van der Waals surface area contributed by atoms with E-state index in [1.807, 2.05) is 0 Å². The van der Waals surface area contributed by atoms with E-state index in [1.54, 1.807) is 36.1 Å². The molecule has 0 fully saturated rings. The molecule has 1 aromatic carbocycles. The molecule has 7 heteroatoms. The van der Waals surface area contributed by atoms with Crippen molar-refractivity contribution in [1.29, 1.82) is 0 Å². The molecule has 0 aliphatic rings. The Balaban J connectivity index is 2.32. The molecule has 0 bridgehead atoms. The van der Waals surface area contributed by atoms with E-state index < -0.39 is 0 Å². The quantitative estimate of drug-likeness (QED) is 0.907. The number of nitrogens with zero attached hydrogens (tertiary/aromatic N) is 2. The molecule has 0 aliphatic carbocycles. The zero-order chi connectivity index (χ0) is 15.4. The van der Waals surface area contributed by atoms with Crippen LogP contribution in [0.3, 0.4) is 0 Å². The molecule has 1 heterocycles. The first-order valence-electron chi connectivity index (χ1n) is 6.20. The monoisotopic (exact) mass is 291 g/mol. The Morgan fingerprint density at radius 3 is 2.19 bits per heavy atom. The third-order valence-electron chi connectivity index (χ3n) is 2.88. The Labute approximate surface area is 122 Å². The van der Waals surface area contributed by atoms with E-state index in [-0.39, 0.29) is 5.91 Å². The van der Waals surface area contributed by atoms with Gasteiger partial charge in [0.25, 0.3) is 5.91 Å². The van der Waals surface area contributed by atoms with Crippen LogP contribution in [-0.2, 0) is 7.05 Å². The average molecular weight is 291 g/mol. The van der Waals surface area contributed by atoms with Gasteiger partial charge in [0, 0.05) is 24.9 Å². The summed E-state index contributed by atoms with van der Waals surface area (Å²) in [5, 5.41) is 6.79. The van der Waals surface area contributed by atoms with Crippen LogP contribution in [0.5, 0.6) is 17.2 Å². The van der Waals surface area contributed by atoms with Crippen LogP contribution in [0.1, 0.15) is 10.4 Å². The second kappa shape index (κ2) is 6.17. The van der Waals surface area contributed by atoms with Crippen molar-refractivity contribution >= 4 is 11.7 Å². The molecule has 2 aromatic rings. The molecule has 0 radical (unpaired) electrons. The second-order valence-corrected chi connectivity index (χ2v) is 4.24. The summed E-state index contributed by atoms with van der Waals surface area (Å²) in [5.74, 6) is 1.43. The highest BCUT2D eigenvalue weighted by molar-refractivity contribution is 6.04. The number of aryl methyl sites for hydroxylation is 1. The van der Waals surface area contributed by atoms with Gasteiger partial charge >= 0.3 is 0 Å². The highest BCUT2D eigenvalue weighted by Gasteiger charge is 2.17. The van der Waals surface area contributed by atoms with E-state index in [4.69, 9.17) is 14.2 Å². The molecule has 0 spiro atoms. The number of anilines is 1. The summed E-state index contributed by atoms with van der Waals surface area (Å²) in [5.41, 5.74) is 0.384. The van der Waals surface area contributed by atoms with Crippen LogP contribution >= 0.6 is 0 Å². The van der Waals surface area contributed by atoms with Crippen molar-refractivity contribution in [2.75, 3.05) is 26.6 Å². The maximum Gasteiger partial charge on any atom is 0.257 e. The predicted octanol–water partition coefficient (Wildman–Crippen LogP) is 1.70. The van der Waals surface area contributed by atoms with Gasteiger partial charge in [0.2, 0.25) is 5.75 Å². The van der Waals surface area contributed by atoms with E-state index >= 15 is 0 Å². The van der Waals surface area contributed by atoms with Gasteiger partial charge in [-0.1, -0.05) is 0 Å². The summed E-state index contributed by atoms with van der Waals surface area (Å²) in [6.07, 6.45) is 1.74. The summed E-state index contributed by atoms with van der Waals surface area (Å²) in [4.78, 5) is 12.2. The summed E-state index contributed by atoms with van der Waals surface area (Å²) >= 11 is 0. The molecule has 0 atom stereocenters. The topological polar surface area (TPSA) is 74.6 Å². The third-order valence-corrected chi connectivity index (χ3v) is 2.88. The molecule has 21 heavy (non-hydrogen) atoms. The molecule has 1 N–H and O–H groups in total. The molecule has 0 aliphatic heterocycles. The Morgan fingerprint density at radius 2 is 1.76 bits per heavy atom. The van der Waals surface area contributed by atoms with Gasteiger partial charge in [-0.2, -0.15) is 5.10 Å². The number of hydrogen-bond donors (Lipinski definition) is 1. The first-order chi connectivity index (χ1) is 10.1. The van der Waals surface area contributed by atoms with Gasteiger partial charge in [0.05, 0.1) is 21.3 Å². The van der Waals surface area contributed by atoms with Crippen molar-refractivity contribution in [3.05, 3.63) is 30.0 Å². The summed E-state index contributed by atoms with van der Waals surface area (Å²) in [6, 6.07) is 4.87. The van der Waals surface area contributed by atoms with E-state index in [0.29, 0.717) is 28.6 Å². The maximum absolute atomic E-state index is 12.2. The minimum Gasteiger partial charge on any atom is -0.493 e. The highest BCUT2D eigenvalue weighted by atomic mass is 16.5. The van der Waals surface area contributed by atoms with Crippen molar-refractivity contribution in [3.8, 4) is 17.2 Å². The van der Waals surface area contributed by atoms with Crippen molar-refractivity contribution in [1.82, 2.24) is 9.78 Å². The van der Waals surface area contributed by atoms with Gasteiger partial charge in [-0.15, -0.1) is 0 Å². The largest absolute Gasteiger partial charge is 0.493 e. The van der Waals surface area contributed by atoms with E-state index in [0.717, 1.165) is 0 Å². The lowest BCUT2D eigenvalue weighted by Gasteiger charge is -2.13. The lowest BCUT2D eigenvalue weighted by Crippen LogP contribution is -2.13. The first-order valence-corrected chi connectivity index (χ1v) is 6.20. The normalized spacial score (nSPS) is 10.1. The lowest BCUT2D eigenvalue weighted by molar-refractivity contribution is 0.102. The van der Waals surface area contributed by atoms with Crippen molar-refractivity contribution in [2.24, 2.45) is 7.05 Å². The summed E-state index contributed by atoms with van der Waals surface area (Å²) in [7, 11) is 6.28. The fraction of sp³-hybridized carbons (Fsp3) is 0.286. The van der Waals surface area contributed by atoms with E-state index in [9.17, 15) is 4.79 Å². The number of carbonyl (C=O) groups is 1. The fourth-order valence-electron chi connectivity index (χ4n) is 1.88. The molecule has 2 rings (SSSR count). The van der Waals surface area contributed by atoms with E-state index in [2.05, 4.69) is 10.4 Å². The molecule has 7 nitrogen and oxygen atoms in total. The van der Waals surface area contributed by atoms with Gasteiger partial charge in [-0.05, 0) is 12.1 Å². The fourth-order valence-corrected chi connectivity index (χ4v) is 1.88. The molecular formula is C14H17N3O4. The standard InChI is InChI=1S/C14H17N3O4/c1-17-6-5-12(16-17)15-14(18)9-7-10(19-2)13(21-4)11(8-9)20-3/h5-8H,1-4H3,(H,15,16,18). The molecule has 1 amide bonds. The summed E-state index contributed by atoms with van der Waals surface area (Å²) < 4.78 is 17.3. The zero-order valence-electron chi connectivity index (χ0n) is 12.3. The number of ether oxygens (including phenoxy) is 3. The minimum absolute atomic E-state index is 0.312. The molecular weight excluding hydrogens is 274 g/mol. The second-order valence-electron chi connectivity index (χ2n) is 4.24. The number of benzene rings is 1. The van der Waals surface area contributed by atoms with Crippen molar-refractivity contribution in [2.45, 2.75) is 0 Å². The van der Waals surface area contributed by atoms with Crippen molar-refractivity contribution in [3.63, 3.8) is 0 Å². The smallest absolute Gasteiger partial charge is 0.257 e. The number of methoxy groups -OCH3 is 3. The molecule has 0 unspecified atom stereocenters. The Morgan fingerprint density at radius 1 is 1.14 bits per heavy atom. The summed E-state index contributed by atoms with van der Waals surface area (Å²) in [6.45, 7) is 0. The van der Waals surface area contributed by atoms with Gasteiger partial charge in [0.15, 0.2) is 17.3 Å². The average Bonchev–Trinajstić information content (AvgIpc) is 2.90. The Bertz CT molecular complexity index is 626. The van der Waals surface area contributed by atoms with Gasteiger partial charge in [0.1, 0.15) is 0 Å². The number of aromatic nitrogens is 2. The highest BCUT2D eigenvalue weighted by Crippen LogP contribution is 2.38. The number of nitrogens with one attached hydrogen (secondary N) is 1. The molecule has 1 aromatic heterocycles. The van der Waals surface area contributed by atoms with Crippen LogP contribution in [0.4, 0.5) is 5.82 Å². The lowest BCUT2D eigenvalue weighted by atomic mass is 10.1. The molecule has 0 saturated heterocycles. The zero-order valence-corrected chi connectivity index (χ0v) is 12.3. The van der Waals surface area contributed by atoms with Crippen LogP contribution in [0.2, 0.25) is 0 Å². The SMILES string of the molecule is COc1cc(C(=O)Nc2ccn(C)n2)cc(OC)c1OC. The van der Waals surface area contributed by atoms with Gasteiger partial charge < -0.3 is 19.5 Å². The van der Waals surface area contributed by atoms with E-state index in [1.165, 1.54) is 21.3 Å². The Kier molecular flexibility index (Phi) is 4.32. The number of hydrogen-bond acceptors (Lipinski definition) is 5. The van der Waals surface area contributed by atoms with Crippen LogP contribution in [0, 0.1) is 0 Å². The first kappa shape index (κ1) is 14.7. The molecule has 0 saturated carbocycles. The number of amides is 1. The predicted molar refractivity (Wildman–Crippen MR) is 77.3 cm³/mol. The third kappa shape index (κ3) is 3.07. The molecule has 112 valence electrons. The minimum atomic E-state index is -0.312.